The summed E-state index contributed by atoms with van der Waals surface area (Å²) in [6.45, 7) is 0.412. The van der Waals surface area contributed by atoms with Crippen LogP contribution in [0, 0.1) is 0 Å². The van der Waals surface area contributed by atoms with Gasteiger partial charge in [-0.3, -0.25) is 0 Å². The second-order valence-corrected chi connectivity index (χ2v) is 4.79. The van der Waals surface area contributed by atoms with Crippen molar-refractivity contribution in [3.05, 3.63) is 53.6 Å². The Kier molecular flexibility index (Phi) is 5.43. The predicted octanol–water partition coefficient (Wildman–Crippen LogP) is 2.37. The van der Waals surface area contributed by atoms with Gasteiger partial charge < -0.3 is 25.1 Å². The lowest BCUT2D eigenvalue weighted by Crippen LogP contribution is -2.19. The number of benzene rings is 2. The summed E-state index contributed by atoms with van der Waals surface area (Å²) in [5.74, 6) is 0.279. The number of aliphatic carboxylic acids is 1. The number of carboxylic acid groups (broad SMARTS) is 1. The molecule has 6 heteroatoms. The Morgan fingerprint density at radius 3 is 2.26 bits per heavy atom. The molecule has 23 heavy (non-hydrogen) atoms. The zero-order valence-corrected chi connectivity index (χ0v) is 13.0. The molecule has 2 rings (SSSR count). The van der Waals surface area contributed by atoms with Crippen LogP contribution >= 0.6 is 0 Å². The number of nitrogens with two attached hydrogens (primary N) is 1. The minimum absolute atomic E-state index is 0.385. The lowest BCUT2D eigenvalue weighted by Gasteiger charge is -2.18. The summed E-state index contributed by atoms with van der Waals surface area (Å²) in [5.41, 5.74) is 6.88. The van der Waals surface area contributed by atoms with Crippen LogP contribution in [-0.4, -0.2) is 25.3 Å². The normalized spacial score (nSPS) is 11.6. The molecule has 0 saturated heterocycles. The highest BCUT2D eigenvalue weighted by atomic mass is 16.5. The van der Waals surface area contributed by atoms with E-state index in [4.69, 9.17) is 19.9 Å². The Bertz CT molecular complexity index is 669. The minimum atomic E-state index is -1.19. The molecule has 0 aliphatic carbocycles. The van der Waals surface area contributed by atoms with Crippen molar-refractivity contribution < 1.29 is 24.1 Å². The molecule has 0 aliphatic rings. The molecule has 1 unspecified atom stereocenters. The van der Waals surface area contributed by atoms with Crippen molar-refractivity contribution in [1.82, 2.24) is 0 Å². The summed E-state index contributed by atoms with van der Waals surface area (Å²) in [7, 11) is 2.99. The van der Waals surface area contributed by atoms with E-state index in [0.717, 1.165) is 5.56 Å². The molecule has 0 radical (unpaired) electrons. The highest BCUT2D eigenvalue weighted by molar-refractivity contribution is 5.76. The molecule has 0 spiro atoms. The van der Waals surface area contributed by atoms with Crippen molar-refractivity contribution >= 4 is 5.97 Å². The summed E-state index contributed by atoms with van der Waals surface area (Å²) < 4.78 is 16.0. The van der Waals surface area contributed by atoms with Gasteiger partial charge in [-0.05, 0) is 29.8 Å². The first-order valence-electron chi connectivity index (χ1n) is 6.99. The van der Waals surface area contributed by atoms with Crippen LogP contribution in [-0.2, 0) is 11.3 Å². The number of hydrogen-bond acceptors (Lipinski definition) is 5. The van der Waals surface area contributed by atoms with Gasteiger partial charge in [0.2, 0.25) is 6.10 Å². The molecule has 0 aromatic heterocycles. The number of methoxy groups -OCH3 is 2. The van der Waals surface area contributed by atoms with Gasteiger partial charge in [0.25, 0.3) is 0 Å². The Balaban J connectivity index is 2.32. The largest absolute Gasteiger partial charge is 0.497 e. The molecular formula is C17H19NO5. The van der Waals surface area contributed by atoms with Crippen LogP contribution < -0.4 is 19.9 Å². The van der Waals surface area contributed by atoms with E-state index < -0.39 is 12.1 Å². The van der Waals surface area contributed by atoms with E-state index in [1.54, 1.807) is 42.5 Å². The van der Waals surface area contributed by atoms with Crippen LogP contribution in [0.4, 0.5) is 0 Å². The maximum absolute atomic E-state index is 11.6. The third kappa shape index (κ3) is 3.92. The van der Waals surface area contributed by atoms with E-state index in [2.05, 4.69) is 0 Å². The molecule has 0 aliphatic heterocycles. The lowest BCUT2D eigenvalue weighted by atomic mass is 10.1. The molecule has 6 nitrogen and oxygen atoms in total. The van der Waals surface area contributed by atoms with Gasteiger partial charge in [0.15, 0.2) is 0 Å². The molecule has 0 fully saturated rings. The van der Waals surface area contributed by atoms with Crippen molar-refractivity contribution in [2.45, 2.75) is 12.6 Å². The molecule has 0 amide bonds. The molecular weight excluding hydrogens is 298 g/mol. The summed E-state index contributed by atoms with van der Waals surface area (Å²) in [6.07, 6.45) is -1.19. The van der Waals surface area contributed by atoms with Gasteiger partial charge in [-0.25, -0.2) is 4.79 Å². The number of rotatable bonds is 7. The van der Waals surface area contributed by atoms with Crippen LogP contribution in [0.5, 0.6) is 17.2 Å². The fourth-order valence-electron chi connectivity index (χ4n) is 2.12. The number of carboxylic acids is 1. The summed E-state index contributed by atoms with van der Waals surface area (Å²) >= 11 is 0. The molecule has 2 aromatic rings. The quantitative estimate of drug-likeness (QED) is 0.814. The molecule has 1 atom stereocenters. The van der Waals surface area contributed by atoms with Crippen LogP contribution in [0.15, 0.2) is 42.5 Å². The maximum atomic E-state index is 11.6. The first-order chi connectivity index (χ1) is 11.1. The van der Waals surface area contributed by atoms with Crippen molar-refractivity contribution in [2.75, 3.05) is 14.2 Å². The first kappa shape index (κ1) is 16.6. The predicted molar refractivity (Wildman–Crippen MR) is 84.9 cm³/mol. The lowest BCUT2D eigenvalue weighted by molar-refractivity contribution is -0.145. The Morgan fingerprint density at radius 2 is 1.74 bits per heavy atom. The highest BCUT2D eigenvalue weighted by Crippen LogP contribution is 2.32. The van der Waals surface area contributed by atoms with E-state index in [1.807, 2.05) is 0 Å². The summed E-state index contributed by atoms with van der Waals surface area (Å²) in [5, 5.41) is 9.50. The monoisotopic (exact) mass is 317 g/mol. The average Bonchev–Trinajstić information content (AvgIpc) is 2.59. The standard InChI is InChI=1S/C17H19NO5/c1-21-13-7-8-14(15(9-13)22-2)16(17(19)20)23-12-5-3-11(10-18)4-6-12/h3-9,16H,10,18H2,1-2H3,(H,19,20). The Hall–Kier alpha value is -2.73. The highest BCUT2D eigenvalue weighted by Gasteiger charge is 2.26. The van der Waals surface area contributed by atoms with Gasteiger partial charge in [0, 0.05) is 18.2 Å². The minimum Gasteiger partial charge on any atom is -0.497 e. The van der Waals surface area contributed by atoms with E-state index in [-0.39, 0.29) is 0 Å². The SMILES string of the molecule is COc1ccc(C(Oc2ccc(CN)cc2)C(=O)O)c(OC)c1. The van der Waals surface area contributed by atoms with E-state index >= 15 is 0 Å². The third-order valence-electron chi connectivity index (χ3n) is 3.36. The number of hydrogen-bond donors (Lipinski definition) is 2. The summed E-state index contributed by atoms with van der Waals surface area (Å²) in [4.78, 5) is 11.6. The zero-order valence-electron chi connectivity index (χ0n) is 13.0. The van der Waals surface area contributed by atoms with E-state index in [0.29, 0.717) is 29.4 Å². The van der Waals surface area contributed by atoms with Gasteiger partial charge in [0.05, 0.1) is 14.2 Å². The fraction of sp³-hybridized carbons (Fsp3) is 0.235. The van der Waals surface area contributed by atoms with Crippen LogP contribution in [0.3, 0.4) is 0 Å². The smallest absolute Gasteiger partial charge is 0.349 e. The van der Waals surface area contributed by atoms with Gasteiger partial charge in [-0.15, -0.1) is 0 Å². The average molecular weight is 317 g/mol. The van der Waals surface area contributed by atoms with Gasteiger partial charge in [-0.1, -0.05) is 12.1 Å². The second-order valence-electron chi connectivity index (χ2n) is 4.79. The van der Waals surface area contributed by atoms with E-state index in [1.165, 1.54) is 14.2 Å². The zero-order chi connectivity index (χ0) is 16.8. The Morgan fingerprint density at radius 1 is 1.09 bits per heavy atom. The third-order valence-corrected chi connectivity index (χ3v) is 3.36. The first-order valence-corrected chi connectivity index (χ1v) is 6.99. The van der Waals surface area contributed by atoms with Crippen molar-refractivity contribution in [3.8, 4) is 17.2 Å². The molecule has 0 saturated carbocycles. The molecule has 0 heterocycles. The Labute approximate surface area is 134 Å². The van der Waals surface area contributed by atoms with Crippen LogP contribution in [0.1, 0.15) is 17.2 Å². The second kappa shape index (κ2) is 7.51. The van der Waals surface area contributed by atoms with Crippen molar-refractivity contribution in [2.24, 2.45) is 5.73 Å². The van der Waals surface area contributed by atoms with Gasteiger partial charge >= 0.3 is 5.97 Å². The van der Waals surface area contributed by atoms with Crippen molar-refractivity contribution in [1.29, 1.82) is 0 Å². The van der Waals surface area contributed by atoms with Gasteiger partial charge in [-0.2, -0.15) is 0 Å². The topological polar surface area (TPSA) is 91.0 Å². The molecule has 0 bridgehead atoms. The van der Waals surface area contributed by atoms with E-state index in [9.17, 15) is 9.90 Å². The van der Waals surface area contributed by atoms with Crippen LogP contribution in [0.25, 0.3) is 0 Å². The molecule has 122 valence electrons. The fourth-order valence-corrected chi connectivity index (χ4v) is 2.12. The number of carbonyl (C=O) groups is 1. The summed E-state index contributed by atoms with van der Waals surface area (Å²) in [6, 6.07) is 11.9. The molecule has 3 N–H and O–H groups in total. The van der Waals surface area contributed by atoms with Crippen molar-refractivity contribution in [3.63, 3.8) is 0 Å². The maximum Gasteiger partial charge on any atom is 0.349 e. The molecule has 2 aromatic carbocycles. The van der Waals surface area contributed by atoms with Gasteiger partial charge in [0.1, 0.15) is 17.2 Å². The number of ether oxygens (including phenoxy) is 3. The van der Waals surface area contributed by atoms with Crippen LogP contribution in [0.2, 0.25) is 0 Å².